The standard InChI is InChI=1S/C13H23N5.HI/c1-5-6-7-8-15-13(14-2)17(3)10-12-9-16-18(4)11-12;/h5-6,9,11H,7-8,10H2,1-4H3,(H,14,15);1H. The van der Waals surface area contributed by atoms with E-state index in [2.05, 4.69) is 32.5 Å². The minimum absolute atomic E-state index is 0. The van der Waals surface area contributed by atoms with Gasteiger partial charge in [0, 0.05) is 46.0 Å². The number of hydrogen-bond donors (Lipinski definition) is 1. The molecule has 108 valence electrons. The average Bonchev–Trinajstić information content (AvgIpc) is 2.75. The van der Waals surface area contributed by atoms with Crippen LogP contribution in [-0.4, -0.2) is 41.3 Å². The number of aryl methyl sites for hydroxylation is 1. The van der Waals surface area contributed by atoms with Gasteiger partial charge in [-0.2, -0.15) is 5.10 Å². The van der Waals surface area contributed by atoms with Crippen LogP contribution in [-0.2, 0) is 13.6 Å². The summed E-state index contributed by atoms with van der Waals surface area (Å²) in [6.45, 7) is 3.73. The fraction of sp³-hybridized carbons (Fsp3) is 0.538. The second-order valence-electron chi connectivity index (χ2n) is 4.21. The molecule has 0 atom stereocenters. The Bertz CT molecular complexity index is 411. The lowest BCUT2D eigenvalue weighted by Gasteiger charge is -2.21. The predicted octanol–water partition coefficient (Wildman–Crippen LogP) is 2.01. The van der Waals surface area contributed by atoms with Gasteiger partial charge in [0.05, 0.1) is 6.20 Å². The van der Waals surface area contributed by atoms with Crippen molar-refractivity contribution in [3.05, 3.63) is 30.1 Å². The van der Waals surface area contributed by atoms with Crippen LogP contribution in [0.3, 0.4) is 0 Å². The molecule has 0 bridgehead atoms. The molecular formula is C13H24IN5. The van der Waals surface area contributed by atoms with Gasteiger partial charge in [0.1, 0.15) is 0 Å². The lowest BCUT2D eigenvalue weighted by molar-refractivity contribution is 0.477. The molecule has 0 unspecified atom stereocenters. The summed E-state index contributed by atoms with van der Waals surface area (Å²) in [5.41, 5.74) is 1.18. The Balaban J connectivity index is 0.00000324. The molecule has 6 heteroatoms. The highest BCUT2D eigenvalue weighted by Gasteiger charge is 2.06. The SMILES string of the molecule is CC=CCCNC(=NC)N(C)Cc1cnn(C)c1.I. The van der Waals surface area contributed by atoms with E-state index in [-0.39, 0.29) is 24.0 Å². The van der Waals surface area contributed by atoms with Gasteiger partial charge in [0.25, 0.3) is 0 Å². The second kappa shape index (κ2) is 9.82. The Morgan fingerprint density at radius 1 is 1.58 bits per heavy atom. The number of nitrogens with zero attached hydrogens (tertiary/aromatic N) is 4. The Kier molecular flexibility index (Phi) is 9.28. The number of aliphatic imine (C=N–C) groups is 1. The van der Waals surface area contributed by atoms with Crippen LogP contribution in [0.4, 0.5) is 0 Å². The minimum Gasteiger partial charge on any atom is -0.356 e. The third kappa shape index (κ3) is 6.60. The van der Waals surface area contributed by atoms with Crippen molar-refractivity contribution in [1.82, 2.24) is 20.0 Å². The van der Waals surface area contributed by atoms with E-state index in [1.165, 1.54) is 5.56 Å². The quantitative estimate of drug-likeness (QED) is 0.281. The van der Waals surface area contributed by atoms with Crippen molar-refractivity contribution in [2.45, 2.75) is 19.9 Å². The van der Waals surface area contributed by atoms with Crippen LogP contribution in [0.2, 0.25) is 0 Å². The van der Waals surface area contributed by atoms with Crippen LogP contribution in [0, 0.1) is 0 Å². The van der Waals surface area contributed by atoms with E-state index in [1.54, 1.807) is 7.05 Å². The molecule has 0 aliphatic heterocycles. The molecule has 0 saturated carbocycles. The summed E-state index contributed by atoms with van der Waals surface area (Å²) in [6, 6.07) is 0. The summed E-state index contributed by atoms with van der Waals surface area (Å²) in [7, 11) is 5.75. The fourth-order valence-electron chi connectivity index (χ4n) is 1.72. The minimum atomic E-state index is 0. The molecular weight excluding hydrogens is 353 g/mol. The summed E-state index contributed by atoms with van der Waals surface area (Å²) >= 11 is 0. The first-order chi connectivity index (χ1) is 8.67. The van der Waals surface area contributed by atoms with Gasteiger partial charge in [-0.25, -0.2) is 0 Å². The van der Waals surface area contributed by atoms with E-state index in [0.717, 1.165) is 25.5 Å². The number of hydrogen-bond acceptors (Lipinski definition) is 2. The molecule has 0 radical (unpaired) electrons. The van der Waals surface area contributed by atoms with Gasteiger partial charge in [-0.15, -0.1) is 24.0 Å². The molecule has 1 rings (SSSR count). The summed E-state index contributed by atoms with van der Waals surface area (Å²) < 4.78 is 1.81. The van der Waals surface area contributed by atoms with Gasteiger partial charge < -0.3 is 10.2 Å². The van der Waals surface area contributed by atoms with E-state index >= 15 is 0 Å². The van der Waals surface area contributed by atoms with Crippen LogP contribution in [0.1, 0.15) is 18.9 Å². The summed E-state index contributed by atoms with van der Waals surface area (Å²) in [4.78, 5) is 6.36. The van der Waals surface area contributed by atoms with Crippen molar-refractivity contribution in [2.75, 3.05) is 20.6 Å². The molecule has 0 fully saturated rings. The summed E-state index contributed by atoms with van der Waals surface area (Å²) in [5.74, 6) is 0.906. The number of rotatable bonds is 5. The van der Waals surface area contributed by atoms with Crippen LogP contribution >= 0.6 is 24.0 Å². The second-order valence-corrected chi connectivity index (χ2v) is 4.21. The highest BCUT2D eigenvalue weighted by molar-refractivity contribution is 14.0. The molecule has 0 aliphatic carbocycles. The molecule has 0 amide bonds. The molecule has 0 aromatic carbocycles. The van der Waals surface area contributed by atoms with Crippen molar-refractivity contribution >= 4 is 29.9 Å². The van der Waals surface area contributed by atoms with Crippen LogP contribution in [0.15, 0.2) is 29.5 Å². The Morgan fingerprint density at radius 3 is 2.84 bits per heavy atom. The molecule has 0 aliphatic rings. The zero-order chi connectivity index (χ0) is 13.4. The molecule has 1 heterocycles. The first kappa shape index (κ1) is 17.9. The Labute approximate surface area is 132 Å². The Morgan fingerprint density at radius 2 is 2.32 bits per heavy atom. The van der Waals surface area contributed by atoms with Crippen molar-refractivity contribution < 1.29 is 0 Å². The maximum absolute atomic E-state index is 4.27. The maximum Gasteiger partial charge on any atom is 0.193 e. The van der Waals surface area contributed by atoms with Crippen LogP contribution in [0.5, 0.6) is 0 Å². The van der Waals surface area contributed by atoms with Gasteiger partial charge in [-0.3, -0.25) is 9.67 Å². The van der Waals surface area contributed by atoms with Crippen molar-refractivity contribution in [3.63, 3.8) is 0 Å². The third-order valence-corrected chi connectivity index (χ3v) is 2.58. The van der Waals surface area contributed by atoms with Gasteiger partial charge in [0.2, 0.25) is 0 Å². The fourth-order valence-corrected chi connectivity index (χ4v) is 1.72. The average molecular weight is 377 g/mol. The predicted molar refractivity (Wildman–Crippen MR) is 90.9 cm³/mol. The first-order valence-electron chi connectivity index (χ1n) is 6.17. The molecule has 19 heavy (non-hydrogen) atoms. The van der Waals surface area contributed by atoms with E-state index in [1.807, 2.05) is 38.1 Å². The summed E-state index contributed by atoms with van der Waals surface area (Å²) in [5, 5.41) is 7.49. The normalized spacial score (nSPS) is 11.5. The highest BCUT2D eigenvalue weighted by Crippen LogP contribution is 2.01. The molecule has 1 aromatic heterocycles. The van der Waals surface area contributed by atoms with E-state index in [9.17, 15) is 0 Å². The number of halogens is 1. The topological polar surface area (TPSA) is 45.5 Å². The molecule has 1 aromatic rings. The lowest BCUT2D eigenvalue weighted by atomic mass is 10.3. The lowest BCUT2D eigenvalue weighted by Crippen LogP contribution is -2.38. The largest absolute Gasteiger partial charge is 0.356 e. The van der Waals surface area contributed by atoms with Gasteiger partial charge in [-0.1, -0.05) is 12.2 Å². The number of allylic oxidation sites excluding steroid dienone is 1. The van der Waals surface area contributed by atoms with Crippen molar-refractivity contribution in [3.8, 4) is 0 Å². The molecule has 1 N–H and O–H groups in total. The van der Waals surface area contributed by atoms with Gasteiger partial charge in [-0.05, 0) is 13.3 Å². The van der Waals surface area contributed by atoms with E-state index in [0.29, 0.717) is 0 Å². The number of guanidine groups is 1. The first-order valence-corrected chi connectivity index (χ1v) is 6.17. The summed E-state index contributed by atoms with van der Waals surface area (Å²) in [6.07, 6.45) is 9.11. The molecule has 0 saturated heterocycles. The maximum atomic E-state index is 4.27. The van der Waals surface area contributed by atoms with Crippen LogP contribution < -0.4 is 5.32 Å². The number of aromatic nitrogens is 2. The highest BCUT2D eigenvalue weighted by atomic mass is 127. The number of nitrogens with one attached hydrogen (secondary N) is 1. The van der Waals surface area contributed by atoms with E-state index < -0.39 is 0 Å². The zero-order valence-electron chi connectivity index (χ0n) is 12.1. The van der Waals surface area contributed by atoms with Gasteiger partial charge >= 0.3 is 0 Å². The van der Waals surface area contributed by atoms with Crippen molar-refractivity contribution in [1.29, 1.82) is 0 Å². The molecule has 5 nitrogen and oxygen atoms in total. The molecule has 0 spiro atoms. The van der Waals surface area contributed by atoms with Crippen LogP contribution in [0.25, 0.3) is 0 Å². The Hall–Kier alpha value is -1.05. The van der Waals surface area contributed by atoms with Gasteiger partial charge in [0.15, 0.2) is 5.96 Å². The smallest absolute Gasteiger partial charge is 0.193 e. The third-order valence-electron chi connectivity index (χ3n) is 2.58. The van der Waals surface area contributed by atoms with Crippen molar-refractivity contribution in [2.24, 2.45) is 12.0 Å². The monoisotopic (exact) mass is 377 g/mol. The van der Waals surface area contributed by atoms with E-state index in [4.69, 9.17) is 0 Å². The zero-order valence-corrected chi connectivity index (χ0v) is 14.5.